The molecule has 0 aliphatic heterocycles. The van der Waals surface area contributed by atoms with Crippen molar-refractivity contribution in [1.82, 2.24) is 10.3 Å². The first-order valence-electron chi connectivity index (χ1n) is 6.68. The lowest BCUT2D eigenvalue weighted by Crippen LogP contribution is -2.24. The third-order valence-electron chi connectivity index (χ3n) is 2.72. The third kappa shape index (κ3) is 4.78. The van der Waals surface area contributed by atoms with Crippen molar-refractivity contribution in [2.24, 2.45) is 0 Å². The van der Waals surface area contributed by atoms with E-state index in [2.05, 4.69) is 55.9 Å². The molecule has 1 heterocycles. The fraction of sp³-hybridized carbons (Fsp3) is 0.643. The number of hydrogen-bond acceptors (Lipinski definition) is 4. The number of anilines is 1. The van der Waals surface area contributed by atoms with E-state index in [1.807, 2.05) is 6.20 Å². The molecule has 18 heavy (non-hydrogen) atoms. The molecule has 0 unspecified atom stereocenters. The number of aromatic nitrogens is 1. The first-order valence-corrected chi connectivity index (χ1v) is 7.49. The molecule has 0 saturated heterocycles. The van der Waals surface area contributed by atoms with Crippen molar-refractivity contribution >= 4 is 22.5 Å². The Balaban J connectivity index is 2.65. The number of rotatable bonds is 7. The Morgan fingerprint density at radius 3 is 2.67 bits per heavy atom. The van der Waals surface area contributed by atoms with Crippen LogP contribution in [0.5, 0.6) is 0 Å². The average Bonchev–Trinajstić information content (AvgIpc) is 2.76. The Bertz CT molecular complexity index is 378. The molecular formula is C14H25N3S. The Morgan fingerprint density at radius 2 is 2.11 bits per heavy atom. The van der Waals surface area contributed by atoms with Gasteiger partial charge in [-0.3, -0.25) is 0 Å². The van der Waals surface area contributed by atoms with E-state index in [9.17, 15) is 0 Å². The highest BCUT2D eigenvalue weighted by atomic mass is 32.1. The maximum absolute atomic E-state index is 4.49. The highest BCUT2D eigenvalue weighted by molar-refractivity contribution is 7.16. The lowest BCUT2D eigenvalue weighted by Gasteiger charge is -2.16. The van der Waals surface area contributed by atoms with Gasteiger partial charge in [-0.05, 0) is 26.8 Å². The molecule has 0 aromatic carbocycles. The third-order valence-corrected chi connectivity index (χ3v) is 3.73. The van der Waals surface area contributed by atoms with Crippen LogP contribution < -0.4 is 10.2 Å². The van der Waals surface area contributed by atoms with Crippen LogP contribution >= 0.6 is 11.3 Å². The van der Waals surface area contributed by atoms with Crippen molar-refractivity contribution in [1.29, 1.82) is 0 Å². The number of nitrogens with zero attached hydrogens (tertiary/aromatic N) is 2. The fourth-order valence-corrected chi connectivity index (χ4v) is 2.71. The van der Waals surface area contributed by atoms with Gasteiger partial charge in [0.05, 0.1) is 0 Å². The van der Waals surface area contributed by atoms with Gasteiger partial charge in [0.25, 0.3) is 0 Å². The van der Waals surface area contributed by atoms with Gasteiger partial charge in [0.2, 0.25) is 0 Å². The predicted octanol–water partition coefficient (Wildman–Crippen LogP) is 3.39. The smallest absolute Gasteiger partial charge is 0.185 e. The maximum atomic E-state index is 4.49. The van der Waals surface area contributed by atoms with Gasteiger partial charge in [-0.15, -0.1) is 0 Å². The molecule has 0 spiro atoms. The van der Waals surface area contributed by atoms with Gasteiger partial charge in [0.15, 0.2) is 5.13 Å². The minimum Gasteiger partial charge on any atom is -0.349 e. The van der Waals surface area contributed by atoms with Crippen molar-refractivity contribution in [3.63, 3.8) is 0 Å². The van der Waals surface area contributed by atoms with Gasteiger partial charge in [-0.1, -0.05) is 30.8 Å². The summed E-state index contributed by atoms with van der Waals surface area (Å²) in [5, 5.41) is 4.54. The van der Waals surface area contributed by atoms with Crippen LogP contribution in [-0.2, 0) is 0 Å². The zero-order chi connectivity index (χ0) is 13.5. The van der Waals surface area contributed by atoms with E-state index in [0.29, 0.717) is 6.04 Å². The van der Waals surface area contributed by atoms with Gasteiger partial charge in [-0.25, -0.2) is 4.98 Å². The first kappa shape index (κ1) is 15.2. The molecule has 0 amide bonds. The topological polar surface area (TPSA) is 28.2 Å². The van der Waals surface area contributed by atoms with E-state index < -0.39 is 0 Å². The summed E-state index contributed by atoms with van der Waals surface area (Å²) in [6, 6.07) is 0.529. The fourth-order valence-electron chi connectivity index (χ4n) is 1.64. The Kier molecular flexibility index (Phi) is 6.36. The molecule has 0 aliphatic carbocycles. The lowest BCUT2D eigenvalue weighted by molar-refractivity contribution is 0.623. The summed E-state index contributed by atoms with van der Waals surface area (Å²) in [5.41, 5.74) is 1.35. The van der Waals surface area contributed by atoms with Crippen molar-refractivity contribution in [3.8, 4) is 0 Å². The minimum atomic E-state index is 0.529. The number of thiazole rings is 1. The van der Waals surface area contributed by atoms with Crippen LogP contribution in [0.15, 0.2) is 11.8 Å². The molecule has 1 aromatic rings. The van der Waals surface area contributed by atoms with Crippen molar-refractivity contribution < 1.29 is 0 Å². The highest BCUT2D eigenvalue weighted by Crippen LogP contribution is 2.24. The van der Waals surface area contributed by atoms with Crippen molar-refractivity contribution in [2.75, 3.05) is 24.5 Å². The van der Waals surface area contributed by atoms with Gasteiger partial charge in [-0.2, -0.15) is 0 Å². The molecule has 0 radical (unpaired) electrons. The Labute approximate surface area is 115 Å². The summed E-state index contributed by atoms with van der Waals surface area (Å²) in [4.78, 5) is 8.00. The van der Waals surface area contributed by atoms with E-state index in [1.165, 1.54) is 10.5 Å². The summed E-state index contributed by atoms with van der Waals surface area (Å²) in [6.45, 7) is 13.8. The van der Waals surface area contributed by atoms with E-state index in [-0.39, 0.29) is 0 Å². The van der Waals surface area contributed by atoms with Crippen LogP contribution in [0, 0.1) is 0 Å². The minimum absolute atomic E-state index is 0.529. The SMILES string of the molecule is CCN(CC)c1ncc(C=C(C)CNC(C)C)s1. The summed E-state index contributed by atoms with van der Waals surface area (Å²) in [7, 11) is 0. The van der Waals surface area contributed by atoms with Gasteiger partial charge >= 0.3 is 0 Å². The predicted molar refractivity (Wildman–Crippen MR) is 82.5 cm³/mol. The van der Waals surface area contributed by atoms with E-state index >= 15 is 0 Å². The standard InChI is InChI=1S/C14H25N3S/c1-6-17(7-2)14-16-10-13(18-14)8-12(5)9-15-11(3)4/h8,10-11,15H,6-7,9H2,1-5H3. The molecule has 0 aliphatic rings. The summed E-state index contributed by atoms with van der Waals surface area (Å²) < 4.78 is 0. The Morgan fingerprint density at radius 1 is 1.44 bits per heavy atom. The lowest BCUT2D eigenvalue weighted by atomic mass is 10.2. The van der Waals surface area contributed by atoms with Gasteiger partial charge in [0.1, 0.15) is 0 Å². The molecular weight excluding hydrogens is 242 g/mol. The van der Waals surface area contributed by atoms with Crippen molar-refractivity contribution in [2.45, 2.75) is 40.7 Å². The van der Waals surface area contributed by atoms with Crippen molar-refractivity contribution in [3.05, 3.63) is 16.6 Å². The van der Waals surface area contributed by atoms with Crippen LogP contribution in [-0.4, -0.2) is 30.7 Å². The normalized spacial score (nSPS) is 12.2. The summed E-state index contributed by atoms with van der Waals surface area (Å²) >= 11 is 1.76. The van der Waals surface area contributed by atoms with Crippen LogP contribution in [0.4, 0.5) is 5.13 Å². The molecule has 3 nitrogen and oxygen atoms in total. The van der Waals surface area contributed by atoms with E-state index in [4.69, 9.17) is 0 Å². The molecule has 0 atom stereocenters. The van der Waals surface area contributed by atoms with Crippen LogP contribution in [0.3, 0.4) is 0 Å². The molecule has 1 N–H and O–H groups in total. The van der Waals surface area contributed by atoms with Crippen LogP contribution in [0.2, 0.25) is 0 Å². The van der Waals surface area contributed by atoms with Gasteiger partial charge < -0.3 is 10.2 Å². The highest BCUT2D eigenvalue weighted by Gasteiger charge is 2.06. The first-order chi connectivity index (χ1) is 8.56. The molecule has 0 saturated carbocycles. The molecule has 102 valence electrons. The summed E-state index contributed by atoms with van der Waals surface area (Å²) in [6.07, 6.45) is 4.19. The van der Waals surface area contributed by atoms with Crippen LogP contribution in [0.25, 0.3) is 6.08 Å². The molecule has 0 fully saturated rings. The molecule has 0 bridgehead atoms. The number of hydrogen-bond donors (Lipinski definition) is 1. The van der Waals surface area contributed by atoms with E-state index in [0.717, 1.165) is 24.8 Å². The Hall–Kier alpha value is -0.870. The van der Waals surface area contributed by atoms with E-state index in [1.54, 1.807) is 11.3 Å². The molecule has 1 aromatic heterocycles. The zero-order valence-electron chi connectivity index (χ0n) is 12.2. The average molecular weight is 267 g/mol. The zero-order valence-corrected chi connectivity index (χ0v) is 13.0. The molecule has 1 rings (SSSR count). The largest absolute Gasteiger partial charge is 0.349 e. The number of nitrogens with one attached hydrogen (secondary N) is 1. The summed E-state index contributed by atoms with van der Waals surface area (Å²) in [5.74, 6) is 0. The maximum Gasteiger partial charge on any atom is 0.185 e. The second-order valence-electron chi connectivity index (χ2n) is 4.74. The van der Waals surface area contributed by atoms with Gasteiger partial charge in [0, 0.05) is 36.8 Å². The monoisotopic (exact) mass is 267 g/mol. The second-order valence-corrected chi connectivity index (χ2v) is 5.78. The quantitative estimate of drug-likeness (QED) is 0.821. The molecule has 4 heteroatoms. The van der Waals surface area contributed by atoms with Crippen LogP contribution in [0.1, 0.15) is 39.5 Å². The second kappa shape index (κ2) is 7.54.